The van der Waals surface area contributed by atoms with Crippen LogP contribution in [0.2, 0.25) is 0 Å². The Kier molecular flexibility index (Phi) is 4.88. The van der Waals surface area contributed by atoms with Gasteiger partial charge in [0.25, 0.3) is 0 Å². The highest BCUT2D eigenvalue weighted by atomic mass is 79.9. The number of carboxylic acids is 1. The van der Waals surface area contributed by atoms with Crippen molar-refractivity contribution in [1.29, 1.82) is 0 Å². The molecule has 1 saturated heterocycles. The number of piperidine rings is 1. The summed E-state index contributed by atoms with van der Waals surface area (Å²) in [6, 6.07) is 5.42. The number of aryl methyl sites for hydroxylation is 1. The molecule has 2 N–H and O–H groups in total. The first-order valence-corrected chi connectivity index (χ1v) is 7.75. The molecule has 1 aliphatic heterocycles. The molecule has 1 aromatic carbocycles. The van der Waals surface area contributed by atoms with Crippen molar-refractivity contribution in [3.05, 3.63) is 28.2 Å². The topological polar surface area (TPSA) is 69.6 Å². The largest absolute Gasteiger partial charge is 0.481 e. The molecule has 0 saturated carbocycles. The van der Waals surface area contributed by atoms with Crippen molar-refractivity contribution in [2.75, 3.05) is 11.9 Å². The number of nitrogens with one attached hydrogen (secondary N) is 1. The molecule has 0 spiro atoms. The second-order valence-electron chi connectivity index (χ2n) is 5.47. The molecule has 1 fully saturated rings. The van der Waals surface area contributed by atoms with Gasteiger partial charge in [-0.25, -0.2) is 4.79 Å². The van der Waals surface area contributed by atoms with Crippen LogP contribution in [0.15, 0.2) is 22.7 Å². The first kappa shape index (κ1) is 15.8. The highest BCUT2D eigenvalue weighted by Gasteiger charge is 2.32. The number of amides is 2. The number of nitrogens with zero attached hydrogens (tertiary/aromatic N) is 1. The number of rotatable bonds is 2. The molecule has 2 unspecified atom stereocenters. The van der Waals surface area contributed by atoms with E-state index in [0.29, 0.717) is 19.4 Å². The molecule has 2 atom stereocenters. The summed E-state index contributed by atoms with van der Waals surface area (Å²) in [5.74, 6) is -1.13. The second kappa shape index (κ2) is 6.47. The number of carbonyl (C=O) groups excluding carboxylic acids is 1. The summed E-state index contributed by atoms with van der Waals surface area (Å²) in [4.78, 5) is 25.1. The summed E-state index contributed by atoms with van der Waals surface area (Å²) in [6.07, 6.45) is 1.000. The Morgan fingerprint density at radius 3 is 2.76 bits per heavy atom. The van der Waals surface area contributed by atoms with Gasteiger partial charge >= 0.3 is 12.0 Å². The monoisotopic (exact) mass is 354 g/mol. The highest BCUT2D eigenvalue weighted by Crippen LogP contribution is 2.28. The van der Waals surface area contributed by atoms with E-state index in [2.05, 4.69) is 21.2 Å². The summed E-state index contributed by atoms with van der Waals surface area (Å²) in [5.41, 5.74) is 1.78. The van der Waals surface area contributed by atoms with Crippen LogP contribution in [0, 0.1) is 12.8 Å². The van der Waals surface area contributed by atoms with E-state index in [4.69, 9.17) is 5.11 Å². The van der Waals surface area contributed by atoms with Crippen molar-refractivity contribution in [2.24, 2.45) is 5.92 Å². The van der Waals surface area contributed by atoms with Crippen molar-refractivity contribution in [3.63, 3.8) is 0 Å². The maximum absolute atomic E-state index is 12.4. The van der Waals surface area contributed by atoms with E-state index in [1.807, 2.05) is 32.0 Å². The molecule has 2 rings (SSSR count). The summed E-state index contributed by atoms with van der Waals surface area (Å²) in [6.45, 7) is 4.31. The molecule has 2 amide bonds. The van der Waals surface area contributed by atoms with Gasteiger partial charge in [-0.05, 0) is 54.2 Å². The lowest BCUT2D eigenvalue weighted by Gasteiger charge is -2.36. The third-order valence-corrected chi connectivity index (χ3v) is 4.97. The molecule has 114 valence electrons. The van der Waals surface area contributed by atoms with Crippen LogP contribution in [0.5, 0.6) is 0 Å². The molecule has 1 heterocycles. The molecule has 6 heteroatoms. The standard InChI is InChI=1S/C15H19BrN2O3/c1-9-4-3-5-12(13(9)16)17-15(21)18-7-6-11(14(19)20)8-10(18)2/h3-5,10-11H,6-8H2,1-2H3,(H,17,21)(H,19,20). The fourth-order valence-electron chi connectivity index (χ4n) is 2.63. The minimum absolute atomic E-state index is 0.0802. The lowest BCUT2D eigenvalue weighted by Crippen LogP contribution is -2.47. The molecule has 0 aromatic heterocycles. The van der Waals surface area contributed by atoms with E-state index >= 15 is 0 Å². The van der Waals surface area contributed by atoms with Gasteiger partial charge in [-0.15, -0.1) is 0 Å². The van der Waals surface area contributed by atoms with E-state index in [-0.39, 0.29) is 18.0 Å². The van der Waals surface area contributed by atoms with Crippen molar-refractivity contribution < 1.29 is 14.7 Å². The van der Waals surface area contributed by atoms with Gasteiger partial charge in [-0.2, -0.15) is 0 Å². The number of halogens is 1. The molecule has 21 heavy (non-hydrogen) atoms. The quantitative estimate of drug-likeness (QED) is 0.853. The number of carboxylic acid groups (broad SMARTS) is 1. The van der Waals surface area contributed by atoms with Crippen LogP contribution < -0.4 is 5.32 Å². The van der Waals surface area contributed by atoms with E-state index in [1.165, 1.54) is 0 Å². The van der Waals surface area contributed by atoms with Gasteiger partial charge in [0.2, 0.25) is 0 Å². The number of likely N-dealkylation sites (tertiary alicyclic amines) is 1. The van der Waals surface area contributed by atoms with Crippen LogP contribution in [0.1, 0.15) is 25.3 Å². The molecule has 0 radical (unpaired) electrons. The van der Waals surface area contributed by atoms with E-state index < -0.39 is 5.97 Å². The van der Waals surface area contributed by atoms with Gasteiger partial charge in [0.05, 0.1) is 11.6 Å². The van der Waals surface area contributed by atoms with Gasteiger partial charge in [-0.1, -0.05) is 12.1 Å². The smallest absolute Gasteiger partial charge is 0.322 e. The Hall–Kier alpha value is -1.56. The van der Waals surface area contributed by atoms with Crippen molar-refractivity contribution >= 4 is 33.6 Å². The van der Waals surface area contributed by atoms with Crippen LogP contribution in [0.4, 0.5) is 10.5 Å². The first-order valence-electron chi connectivity index (χ1n) is 6.95. The van der Waals surface area contributed by atoms with Crippen LogP contribution in [0.25, 0.3) is 0 Å². The van der Waals surface area contributed by atoms with E-state index in [9.17, 15) is 9.59 Å². The van der Waals surface area contributed by atoms with Crippen molar-refractivity contribution in [2.45, 2.75) is 32.7 Å². The Bertz CT molecular complexity index is 562. The fourth-order valence-corrected chi connectivity index (χ4v) is 2.99. The fraction of sp³-hybridized carbons (Fsp3) is 0.467. The predicted molar refractivity (Wildman–Crippen MR) is 84.4 cm³/mol. The third-order valence-electron chi connectivity index (χ3n) is 3.92. The van der Waals surface area contributed by atoms with Crippen LogP contribution in [-0.4, -0.2) is 34.6 Å². The van der Waals surface area contributed by atoms with Gasteiger partial charge < -0.3 is 15.3 Å². The van der Waals surface area contributed by atoms with Gasteiger partial charge in [0, 0.05) is 17.1 Å². The summed E-state index contributed by atoms with van der Waals surface area (Å²) in [5, 5.41) is 11.9. The van der Waals surface area contributed by atoms with Crippen molar-refractivity contribution in [3.8, 4) is 0 Å². The van der Waals surface area contributed by atoms with Gasteiger partial charge in [-0.3, -0.25) is 4.79 Å². The summed E-state index contributed by atoms with van der Waals surface area (Å²) in [7, 11) is 0. The average Bonchev–Trinajstić information content (AvgIpc) is 2.43. The van der Waals surface area contributed by atoms with Crippen LogP contribution in [-0.2, 0) is 4.79 Å². The molecule has 1 aliphatic rings. The van der Waals surface area contributed by atoms with Gasteiger partial charge in [0.1, 0.15) is 0 Å². The lowest BCUT2D eigenvalue weighted by molar-refractivity contribution is -0.143. The summed E-state index contributed by atoms with van der Waals surface area (Å²) < 4.78 is 0.867. The first-order chi connectivity index (χ1) is 9.90. The number of carbonyl (C=O) groups is 2. The minimum Gasteiger partial charge on any atom is -0.481 e. The van der Waals surface area contributed by atoms with Gasteiger partial charge in [0.15, 0.2) is 0 Å². The maximum atomic E-state index is 12.4. The Morgan fingerprint density at radius 2 is 2.14 bits per heavy atom. The number of anilines is 1. The SMILES string of the molecule is Cc1cccc(NC(=O)N2CCC(C(=O)O)CC2C)c1Br. The average molecular weight is 355 g/mol. The maximum Gasteiger partial charge on any atom is 0.322 e. The number of urea groups is 1. The number of benzene rings is 1. The van der Waals surface area contributed by atoms with Crippen molar-refractivity contribution in [1.82, 2.24) is 4.90 Å². The zero-order valence-electron chi connectivity index (χ0n) is 12.1. The zero-order chi connectivity index (χ0) is 15.6. The molecular weight excluding hydrogens is 336 g/mol. The molecule has 1 aromatic rings. The molecule has 0 aliphatic carbocycles. The third kappa shape index (κ3) is 3.56. The highest BCUT2D eigenvalue weighted by molar-refractivity contribution is 9.10. The van der Waals surface area contributed by atoms with Crippen LogP contribution in [0.3, 0.4) is 0 Å². The number of aliphatic carboxylic acids is 1. The van der Waals surface area contributed by atoms with E-state index in [0.717, 1.165) is 15.7 Å². The number of hydrogen-bond donors (Lipinski definition) is 2. The Balaban J connectivity index is 2.04. The Morgan fingerprint density at radius 1 is 1.43 bits per heavy atom. The zero-order valence-corrected chi connectivity index (χ0v) is 13.7. The minimum atomic E-state index is -0.775. The molecule has 5 nitrogen and oxygen atoms in total. The van der Waals surface area contributed by atoms with Crippen LogP contribution >= 0.6 is 15.9 Å². The molecular formula is C15H19BrN2O3. The number of hydrogen-bond acceptors (Lipinski definition) is 2. The van der Waals surface area contributed by atoms with E-state index in [1.54, 1.807) is 4.90 Å². The lowest BCUT2D eigenvalue weighted by atomic mass is 9.92. The Labute approximate surface area is 132 Å². The molecule has 0 bridgehead atoms. The normalized spacial score (nSPS) is 22.0. The second-order valence-corrected chi connectivity index (χ2v) is 6.26. The predicted octanol–water partition coefficient (Wildman–Crippen LogP) is 3.47. The summed E-state index contributed by atoms with van der Waals surface area (Å²) >= 11 is 3.47.